The highest BCUT2D eigenvalue weighted by Crippen LogP contribution is 2.25. The largest absolute Gasteiger partial charge is 0.337 e. The van der Waals surface area contributed by atoms with E-state index < -0.39 is 16.9 Å². The SMILES string of the molecule is CC(C#N)NC(=O)c1ccc(Br)c([N+](=O)[O-])c1. The molecule has 0 aliphatic heterocycles. The van der Waals surface area contributed by atoms with Gasteiger partial charge in [0.15, 0.2) is 0 Å². The molecule has 1 atom stereocenters. The maximum atomic E-state index is 11.6. The van der Waals surface area contributed by atoms with E-state index in [1.165, 1.54) is 19.1 Å². The van der Waals surface area contributed by atoms with Gasteiger partial charge in [-0.15, -0.1) is 0 Å². The van der Waals surface area contributed by atoms with Gasteiger partial charge >= 0.3 is 0 Å². The average molecular weight is 298 g/mol. The van der Waals surface area contributed by atoms with Gasteiger partial charge in [-0.1, -0.05) is 0 Å². The summed E-state index contributed by atoms with van der Waals surface area (Å²) in [6, 6.07) is 5.21. The summed E-state index contributed by atoms with van der Waals surface area (Å²) in [5.74, 6) is -0.519. The predicted molar refractivity (Wildman–Crippen MR) is 63.3 cm³/mol. The third kappa shape index (κ3) is 3.26. The Bertz CT molecular complexity index is 510. The van der Waals surface area contributed by atoms with Crippen molar-refractivity contribution in [2.24, 2.45) is 0 Å². The molecule has 0 heterocycles. The number of nitro benzene ring substituents is 1. The van der Waals surface area contributed by atoms with Crippen LogP contribution in [0.3, 0.4) is 0 Å². The van der Waals surface area contributed by atoms with E-state index in [0.29, 0.717) is 4.47 Å². The first-order chi connectivity index (χ1) is 7.95. The molecule has 0 spiro atoms. The van der Waals surface area contributed by atoms with Crippen molar-refractivity contribution in [2.75, 3.05) is 0 Å². The molecule has 0 saturated heterocycles. The van der Waals surface area contributed by atoms with Gasteiger partial charge < -0.3 is 5.32 Å². The standard InChI is InChI=1S/C10H8BrN3O3/c1-6(5-12)13-10(15)7-2-3-8(11)9(4-7)14(16)17/h2-4,6H,1H3,(H,13,15). The second-order valence-corrected chi connectivity index (χ2v) is 4.10. The molecule has 0 aliphatic rings. The van der Waals surface area contributed by atoms with Gasteiger partial charge in [0.05, 0.1) is 15.5 Å². The van der Waals surface area contributed by atoms with E-state index in [2.05, 4.69) is 21.2 Å². The number of hydrogen-bond donors (Lipinski definition) is 1. The van der Waals surface area contributed by atoms with Crippen LogP contribution in [0.2, 0.25) is 0 Å². The highest BCUT2D eigenvalue weighted by Gasteiger charge is 2.16. The highest BCUT2D eigenvalue weighted by atomic mass is 79.9. The van der Waals surface area contributed by atoms with Gasteiger partial charge in [-0.2, -0.15) is 5.26 Å². The summed E-state index contributed by atoms with van der Waals surface area (Å²) in [4.78, 5) is 21.7. The van der Waals surface area contributed by atoms with Crippen LogP contribution in [0.5, 0.6) is 0 Å². The summed E-state index contributed by atoms with van der Waals surface area (Å²) in [5, 5.41) is 21.6. The summed E-state index contributed by atoms with van der Waals surface area (Å²) in [7, 11) is 0. The first kappa shape index (κ1) is 13.1. The molecule has 0 saturated carbocycles. The topological polar surface area (TPSA) is 96.0 Å². The fourth-order valence-corrected chi connectivity index (χ4v) is 1.50. The molecule has 0 radical (unpaired) electrons. The van der Waals surface area contributed by atoms with Crippen LogP contribution in [0.15, 0.2) is 22.7 Å². The minimum Gasteiger partial charge on any atom is -0.337 e. The second-order valence-electron chi connectivity index (χ2n) is 3.25. The van der Waals surface area contributed by atoms with Crippen LogP contribution in [0.4, 0.5) is 5.69 Å². The van der Waals surface area contributed by atoms with E-state index >= 15 is 0 Å². The molecular weight excluding hydrogens is 290 g/mol. The van der Waals surface area contributed by atoms with Gasteiger partial charge in [-0.3, -0.25) is 14.9 Å². The Balaban J connectivity index is 3.01. The number of nitrogens with zero attached hydrogens (tertiary/aromatic N) is 2. The number of halogens is 1. The van der Waals surface area contributed by atoms with E-state index in [0.717, 1.165) is 6.07 Å². The predicted octanol–water partition coefficient (Wildman–Crippen LogP) is 2.00. The van der Waals surface area contributed by atoms with Crippen LogP contribution in [0.25, 0.3) is 0 Å². The lowest BCUT2D eigenvalue weighted by Gasteiger charge is -2.06. The maximum Gasteiger partial charge on any atom is 0.284 e. The Morgan fingerprint density at radius 1 is 1.65 bits per heavy atom. The minimum atomic E-state index is -0.648. The zero-order chi connectivity index (χ0) is 13.0. The van der Waals surface area contributed by atoms with E-state index in [4.69, 9.17) is 5.26 Å². The number of hydrogen-bond acceptors (Lipinski definition) is 4. The number of carbonyl (C=O) groups excluding carboxylic acids is 1. The molecule has 1 aromatic rings. The summed E-state index contributed by atoms with van der Waals surface area (Å²) < 4.78 is 0.299. The van der Waals surface area contributed by atoms with Gasteiger partial charge in [0, 0.05) is 11.6 Å². The highest BCUT2D eigenvalue weighted by molar-refractivity contribution is 9.10. The number of nitrogens with one attached hydrogen (secondary N) is 1. The second kappa shape index (κ2) is 5.41. The van der Waals surface area contributed by atoms with Crippen molar-refractivity contribution in [2.45, 2.75) is 13.0 Å². The molecule has 1 rings (SSSR count). The van der Waals surface area contributed by atoms with Crippen molar-refractivity contribution in [3.05, 3.63) is 38.3 Å². The van der Waals surface area contributed by atoms with Crippen LogP contribution in [0.1, 0.15) is 17.3 Å². The molecule has 0 fully saturated rings. The number of benzene rings is 1. The molecule has 0 bridgehead atoms. The molecule has 88 valence electrons. The number of carbonyl (C=O) groups is 1. The lowest BCUT2D eigenvalue weighted by Crippen LogP contribution is -2.31. The van der Waals surface area contributed by atoms with Gasteiger partial charge in [-0.25, -0.2) is 0 Å². The Morgan fingerprint density at radius 2 is 2.29 bits per heavy atom. The summed E-state index contributed by atoms with van der Waals surface area (Å²) in [6.45, 7) is 1.52. The monoisotopic (exact) mass is 297 g/mol. The third-order valence-corrected chi connectivity index (χ3v) is 2.62. The lowest BCUT2D eigenvalue weighted by atomic mass is 10.2. The number of amides is 1. The molecule has 0 aromatic heterocycles. The van der Waals surface area contributed by atoms with Gasteiger partial charge in [0.1, 0.15) is 6.04 Å². The molecular formula is C10H8BrN3O3. The van der Waals surface area contributed by atoms with Gasteiger partial charge in [0.2, 0.25) is 0 Å². The van der Waals surface area contributed by atoms with Crippen molar-refractivity contribution >= 4 is 27.5 Å². The Kier molecular flexibility index (Phi) is 4.17. The zero-order valence-corrected chi connectivity index (χ0v) is 10.4. The van der Waals surface area contributed by atoms with Crippen molar-refractivity contribution in [3.63, 3.8) is 0 Å². The minimum absolute atomic E-state index is 0.141. The first-order valence-electron chi connectivity index (χ1n) is 4.60. The van der Waals surface area contributed by atoms with Crippen molar-refractivity contribution < 1.29 is 9.72 Å². The summed E-state index contributed by atoms with van der Waals surface area (Å²) >= 11 is 3.02. The van der Waals surface area contributed by atoms with Gasteiger partial charge in [0.25, 0.3) is 11.6 Å². The first-order valence-corrected chi connectivity index (χ1v) is 5.39. The summed E-state index contributed by atoms with van der Waals surface area (Å²) in [5.41, 5.74) is -0.0516. The normalized spacial score (nSPS) is 11.4. The molecule has 1 N–H and O–H groups in total. The fourth-order valence-electron chi connectivity index (χ4n) is 1.11. The molecule has 1 unspecified atom stereocenters. The van der Waals surface area contributed by atoms with E-state index in [1.54, 1.807) is 0 Å². The zero-order valence-electron chi connectivity index (χ0n) is 8.81. The number of nitro groups is 1. The Morgan fingerprint density at radius 3 is 2.82 bits per heavy atom. The smallest absolute Gasteiger partial charge is 0.284 e. The fraction of sp³-hybridized carbons (Fsp3) is 0.200. The van der Waals surface area contributed by atoms with Crippen LogP contribution in [-0.2, 0) is 0 Å². The summed E-state index contributed by atoms with van der Waals surface area (Å²) in [6.07, 6.45) is 0. The molecule has 6 nitrogen and oxygen atoms in total. The van der Waals surface area contributed by atoms with Crippen LogP contribution in [0, 0.1) is 21.4 Å². The molecule has 0 aliphatic carbocycles. The van der Waals surface area contributed by atoms with E-state index in [1.807, 2.05) is 6.07 Å². The molecule has 7 heteroatoms. The van der Waals surface area contributed by atoms with Crippen LogP contribution >= 0.6 is 15.9 Å². The number of rotatable bonds is 3. The molecule has 1 amide bonds. The maximum absolute atomic E-state index is 11.6. The lowest BCUT2D eigenvalue weighted by molar-refractivity contribution is -0.385. The van der Waals surface area contributed by atoms with E-state index in [9.17, 15) is 14.9 Å². The van der Waals surface area contributed by atoms with Crippen molar-refractivity contribution in [1.29, 1.82) is 5.26 Å². The average Bonchev–Trinajstić information content (AvgIpc) is 2.28. The molecule has 17 heavy (non-hydrogen) atoms. The van der Waals surface area contributed by atoms with Crippen LogP contribution < -0.4 is 5.32 Å². The quantitative estimate of drug-likeness (QED) is 0.681. The van der Waals surface area contributed by atoms with E-state index in [-0.39, 0.29) is 11.3 Å². The third-order valence-electron chi connectivity index (χ3n) is 1.95. The Hall–Kier alpha value is -1.94. The Labute approximate surface area is 106 Å². The molecule has 1 aromatic carbocycles. The van der Waals surface area contributed by atoms with Crippen molar-refractivity contribution in [1.82, 2.24) is 5.32 Å². The number of nitriles is 1. The van der Waals surface area contributed by atoms with Gasteiger partial charge in [-0.05, 0) is 35.0 Å². The van der Waals surface area contributed by atoms with Crippen molar-refractivity contribution in [3.8, 4) is 6.07 Å². The van der Waals surface area contributed by atoms with Crippen LogP contribution in [-0.4, -0.2) is 16.9 Å².